The molecule has 5 nitrogen and oxygen atoms in total. The molecule has 0 aliphatic carbocycles. The van der Waals surface area contributed by atoms with Crippen LogP contribution in [0.1, 0.15) is 19.4 Å². The largest absolute Gasteiger partial charge is 0.478 e. The van der Waals surface area contributed by atoms with Crippen LogP contribution in [0.3, 0.4) is 0 Å². The van der Waals surface area contributed by atoms with E-state index >= 15 is 0 Å². The van der Waals surface area contributed by atoms with Gasteiger partial charge in [-0.25, -0.2) is 0 Å². The maximum absolute atomic E-state index is 12.7. The predicted octanol–water partition coefficient (Wildman–Crippen LogP) is 4.56. The first-order valence-electron chi connectivity index (χ1n) is 7.35. The minimum absolute atomic E-state index is 0.242. The van der Waals surface area contributed by atoms with E-state index < -0.39 is 5.60 Å². The van der Waals surface area contributed by atoms with E-state index in [0.717, 1.165) is 27.3 Å². The number of hydrogen-bond donors (Lipinski definition) is 1. The fourth-order valence-electron chi connectivity index (χ4n) is 2.22. The number of amides is 1. The summed E-state index contributed by atoms with van der Waals surface area (Å²) in [6.45, 7) is 5.40. The maximum Gasteiger partial charge on any atom is 0.268 e. The van der Waals surface area contributed by atoms with Gasteiger partial charge in [-0.2, -0.15) is 8.75 Å². The Morgan fingerprint density at radius 2 is 1.88 bits per heavy atom. The summed E-state index contributed by atoms with van der Waals surface area (Å²) in [4.78, 5) is 12.7. The highest BCUT2D eigenvalue weighted by Crippen LogP contribution is 2.28. The number of rotatable bonds is 4. The Labute approximate surface area is 152 Å². The minimum atomic E-state index is -1.04. The number of nitrogens with zero attached hydrogens (tertiary/aromatic N) is 2. The first-order valence-corrected chi connectivity index (χ1v) is 8.87. The van der Waals surface area contributed by atoms with Crippen LogP contribution in [0.5, 0.6) is 5.75 Å². The van der Waals surface area contributed by atoms with Crippen molar-refractivity contribution >= 4 is 50.3 Å². The van der Waals surface area contributed by atoms with Crippen molar-refractivity contribution in [1.29, 1.82) is 0 Å². The summed E-state index contributed by atoms with van der Waals surface area (Å²) in [6.07, 6.45) is 0. The number of nitrogens with one attached hydrogen (secondary N) is 1. The molecule has 0 radical (unpaired) electrons. The lowest BCUT2D eigenvalue weighted by Gasteiger charge is -2.25. The average Bonchev–Trinajstić information content (AvgIpc) is 3.01. The number of aryl methyl sites for hydroxylation is 1. The number of hydrogen-bond acceptors (Lipinski definition) is 5. The third-order valence-corrected chi connectivity index (χ3v) is 4.68. The molecule has 3 rings (SSSR count). The Morgan fingerprint density at radius 1 is 1.17 bits per heavy atom. The second kappa shape index (κ2) is 6.49. The Bertz CT molecular complexity index is 890. The van der Waals surface area contributed by atoms with Gasteiger partial charge in [0.05, 0.1) is 17.4 Å². The van der Waals surface area contributed by atoms with Crippen molar-refractivity contribution in [3.05, 3.63) is 46.4 Å². The van der Waals surface area contributed by atoms with Crippen molar-refractivity contribution in [2.75, 3.05) is 5.32 Å². The van der Waals surface area contributed by atoms with Gasteiger partial charge in [-0.1, -0.05) is 22.0 Å². The van der Waals surface area contributed by atoms with Crippen LogP contribution < -0.4 is 10.1 Å². The molecule has 0 atom stereocenters. The molecule has 0 bridgehead atoms. The molecule has 0 spiro atoms. The highest BCUT2D eigenvalue weighted by Gasteiger charge is 2.31. The van der Waals surface area contributed by atoms with Gasteiger partial charge in [0.15, 0.2) is 5.60 Å². The molecular formula is C17H16BrN3O2S. The van der Waals surface area contributed by atoms with Crippen molar-refractivity contribution in [2.24, 2.45) is 0 Å². The van der Waals surface area contributed by atoms with E-state index in [1.165, 1.54) is 0 Å². The molecule has 2 aromatic carbocycles. The quantitative estimate of drug-likeness (QED) is 0.690. The number of ether oxygens (including phenoxy) is 1. The maximum atomic E-state index is 12.7. The average molecular weight is 406 g/mol. The molecular weight excluding hydrogens is 390 g/mol. The van der Waals surface area contributed by atoms with E-state index in [1.807, 2.05) is 43.3 Å². The Morgan fingerprint density at radius 3 is 2.58 bits per heavy atom. The highest BCUT2D eigenvalue weighted by molar-refractivity contribution is 9.10. The normalized spacial score (nSPS) is 11.5. The molecule has 124 valence electrons. The van der Waals surface area contributed by atoms with Gasteiger partial charge < -0.3 is 10.1 Å². The third-order valence-electron chi connectivity index (χ3n) is 3.61. The Hall–Kier alpha value is -1.99. The van der Waals surface area contributed by atoms with Crippen LogP contribution >= 0.6 is 27.7 Å². The number of carbonyl (C=O) groups excluding carboxylic acids is 1. The van der Waals surface area contributed by atoms with E-state index in [-0.39, 0.29) is 5.91 Å². The van der Waals surface area contributed by atoms with Crippen LogP contribution in [0.25, 0.3) is 11.0 Å². The molecule has 0 aliphatic rings. The van der Waals surface area contributed by atoms with Gasteiger partial charge >= 0.3 is 0 Å². The first kappa shape index (κ1) is 16.9. The van der Waals surface area contributed by atoms with Crippen LogP contribution in [-0.4, -0.2) is 20.3 Å². The van der Waals surface area contributed by atoms with Gasteiger partial charge in [0.25, 0.3) is 5.91 Å². The second-order valence-electron chi connectivity index (χ2n) is 5.91. The van der Waals surface area contributed by atoms with Crippen molar-refractivity contribution < 1.29 is 9.53 Å². The zero-order valence-corrected chi connectivity index (χ0v) is 15.9. The summed E-state index contributed by atoms with van der Waals surface area (Å²) in [5.41, 5.74) is 2.05. The van der Waals surface area contributed by atoms with E-state index in [0.29, 0.717) is 17.0 Å². The number of benzene rings is 2. The monoisotopic (exact) mass is 405 g/mol. The highest BCUT2D eigenvalue weighted by atomic mass is 79.9. The van der Waals surface area contributed by atoms with Crippen molar-refractivity contribution in [3.63, 3.8) is 0 Å². The molecule has 1 aromatic heterocycles. The summed E-state index contributed by atoms with van der Waals surface area (Å²) in [7, 11) is 0. The van der Waals surface area contributed by atoms with Crippen molar-refractivity contribution in [2.45, 2.75) is 26.4 Å². The van der Waals surface area contributed by atoms with E-state index in [4.69, 9.17) is 4.74 Å². The van der Waals surface area contributed by atoms with Gasteiger partial charge in [-0.3, -0.25) is 4.79 Å². The number of anilines is 1. The van der Waals surface area contributed by atoms with E-state index in [9.17, 15) is 4.79 Å². The third kappa shape index (κ3) is 3.42. The van der Waals surface area contributed by atoms with Crippen LogP contribution in [0.4, 0.5) is 5.69 Å². The van der Waals surface area contributed by atoms with Crippen LogP contribution in [0.2, 0.25) is 0 Å². The van der Waals surface area contributed by atoms with Crippen LogP contribution in [-0.2, 0) is 4.79 Å². The summed E-state index contributed by atoms with van der Waals surface area (Å²) in [5, 5.41) is 2.94. The zero-order chi connectivity index (χ0) is 17.3. The fraction of sp³-hybridized carbons (Fsp3) is 0.235. The Balaban J connectivity index is 1.83. The van der Waals surface area contributed by atoms with E-state index in [1.54, 1.807) is 13.8 Å². The van der Waals surface area contributed by atoms with Gasteiger partial charge in [0.2, 0.25) is 0 Å². The summed E-state index contributed by atoms with van der Waals surface area (Å²) < 4.78 is 15.3. The number of fused-ring (bicyclic) bond motifs is 1. The SMILES string of the molecule is Cc1ccc2nsnc2c1NC(=O)C(C)(C)Oc1ccc(Br)cc1. The molecule has 0 unspecified atom stereocenters. The molecule has 1 amide bonds. The second-order valence-corrected chi connectivity index (χ2v) is 7.35. The molecule has 0 aliphatic heterocycles. The standard InChI is InChI=1S/C17H16BrN3O2S/c1-10-4-9-13-15(21-24-20-13)14(10)19-16(22)17(2,3)23-12-7-5-11(18)6-8-12/h4-9H,1-3H3,(H,19,22). The molecule has 24 heavy (non-hydrogen) atoms. The number of aromatic nitrogens is 2. The van der Waals surface area contributed by atoms with E-state index in [2.05, 4.69) is 30.0 Å². The summed E-state index contributed by atoms with van der Waals surface area (Å²) in [6, 6.07) is 11.2. The molecule has 0 saturated heterocycles. The van der Waals surface area contributed by atoms with Crippen LogP contribution in [0.15, 0.2) is 40.9 Å². The first-order chi connectivity index (χ1) is 11.4. The van der Waals surface area contributed by atoms with Gasteiger partial charge in [-0.05, 0) is 56.7 Å². The molecule has 7 heteroatoms. The lowest BCUT2D eigenvalue weighted by molar-refractivity contribution is -0.128. The number of carbonyl (C=O) groups is 1. The predicted molar refractivity (Wildman–Crippen MR) is 99.6 cm³/mol. The Kier molecular flexibility index (Phi) is 4.56. The smallest absolute Gasteiger partial charge is 0.268 e. The lowest BCUT2D eigenvalue weighted by atomic mass is 10.1. The molecule has 3 aromatic rings. The van der Waals surface area contributed by atoms with Crippen molar-refractivity contribution in [3.8, 4) is 5.75 Å². The summed E-state index contributed by atoms with van der Waals surface area (Å²) in [5.74, 6) is 0.387. The minimum Gasteiger partial charge on any atom is -0.478 e. The van der Waals surface area contributed by atoms with Crippen molar-refractivity contribution in [1.82, 2.24) is 8.75 Å². The molecule has 1 heterocycles. The summed E-state index contributed by atoms with van der Waals surface area (Å²) >= 11 is 4.51. The molecule has 0 fully saturated rings. The lowest BCUT2D eigenvalue weighted by Crippen LogP contribution is -2.42. The fourth-order valence-corrected chi connectivity index (χ4v) is 3.02. The number of halogens is 1. The molecule has 0 saturated carbocycles. The zero-order valence-electron chi connectivity index (χ0n) is 13.5. The van der Waals surface area contributed by atoms with Gasteiger partial charge in [-0.15, -0.1) is 0 Å². The van der Waals surface area contributed by atoms with Gasteiger partial charge in [0, 0.05) is 4.47 Å². The topological polar surface area (TPSA) is 64.1 Å². The van der Waals surface area contributed by atoms with Crippen LogP contribution in [0, 0.1) is 6.92 Å². The van der Waals surface area contributed by atoms with Gasteiger partial charge in [0.1, 0.15) is 16.8 Å². The molecule has 1 N–H and O–H groups in total.